The molecule has 0 amide bonds. The Morgan fingerprint density at radius 1 is 1.37 bits per heavy atom. The molecule has 2 unspecified atom stereocenters. The molecule has 1 aliphatic heterocycles. The summed E-state index contributed by atoms with van der Waals surface area (Å²) in [5.74, 6) is 0. The van der Waals surface area contributed by atoms with Crippen LogP contribution in [0.3, 0.4) is 0 Å². The molecule has 0 bridgehead atoms. The molecule has 1 aliphatic rings. The maximum absolute atomic E-state index is 9.53. The van der Waals surface area contributed by atoms with E-state index in [1.807, 2.05) is 0 Å². The van der Waals surface area contributed by atoms with Crippen molar-refractivity contribution in [2.75, 3.05) is 32.8 Å². The number of rotatable bonds is 8. The van der Waals surface area contributed by atoms with Crippen molar-refractivity contribution in [3.63, 3.8) is 0 Å². The third kappa shape index (κ3) is 5.10. The van der Waals surface area contributed by atoms with Crippen LogP contribution in [0.2, 0.25) is 0 Å². The third-order valence-electron chi connectivity index (χ3n) is 4.07. The highest BCUT2D eigenvalue weighted by Crippen LogP contribution is 2.26. The molecule has 2 atom stereocenters. The van der Waals surface area contributed by atoms with Crippen molar-refractivity contribution >= 4 is 0 Å². The van der Waals surface area contributed by atoms with E-state index in [0.29, 0.717) is 6.61 Å². The summed E-state index contributed by atoms with van der Waals surface area (Å²) in [4.78, 5) is 2.38. The Morgan fingerprint density at radius 2 is 2.11 bits per heavy atom. The Morgan fingerprint density at radius 3 is 2.68 bits per heavy atom. The van der Waals surface area contributed by atoms with Gasteiger partial charge in [-0.25, -0.2) is 0 Å². The molecule has 0 aromatic heterocycles. The highest BCUT2D eigenvalue weighted by molar-refractivity contribution is 5.09. The Balaban J connectivity index is 2.44. The van der Waals surface area contributed by atoms with Gasteiger partial charge in [-0.3, -0.25) is 5.32 Å². The van der Waals surface area contributed by atoms with Gasteiger partial charge in [0.05, 0.1) is 12.2 Å². The van der Waals surface area contributed by atoms with Crippen molar-refractivity contribution in [1.29, 1.82) is 5.26 Å². The summed E-state index contributed by atoms with van der Waals surface area (Å²) in [7, 11) is 0. The number of nitriles is 1. The second-order valence-corrected chi connectivity index (χ2v) is 5.38. The molecule has 0 aromatic carbocycles. The van der Waals surface area contributed by atoms with Crippen LogP contribution in [-0.4, -0.2) is 49.3 Å². The van der Waals surface area contributed by atoms with Gasteiger partial charge in [0.1, 0.15) is 5.54 Å². The van der Waals surface area contributed by atoms with E-state index in [-0.39, 0.29) is 11.6 Å². The van der Waals surface area contributed by atoms with Crippen LogP contribution in [0, 0.1) is 11.3 Å². The van der Waals surface area contributed by atoms with Crippen molar-refractivity contribution in [3.05, 3.63) is 0 Å². The molecule has 1 N–H and O–H groups in total. The van der Waals surface area contributed by atoms with Crippen LogP contribution >= 0.6 is 0 Å². The van der Waals surface area contributed by atoms with Crippen LogP contribution in [0.4, 0.5) is 0 Å². The first kappa shape index (κ1) is 16.4. The van der Waals surface area contributed by atoms with Crippen molar-refractivity contribution in [3.8, 4) is 6.07 Å². The predicted molar refractivity (Wildman–Crippen MR) is 78.0 cm³/mol. The van der Waals surface area contributed by atoms with E-state index in [4.69, 9.17) is 4.74 Å². The number of hydrogen-bond donors (Lipinski definition) is 1. The molecule has 0 aromatic rings. The fraction of sp³-hybridized carbons (Fsp3) is 0.933. The second kappa shape index (κ2) is 8.52. The first-order valence-corrected chi connectivity index (χ1v) is 7.70. The standard InChI is InChI=1S/C15H29N3O/c1-4-7-14-12-15(13-16,8-11-19-14)17-9-10-18(5-2)6-3/h14,17H,4-12H2,1-3H3. The Bertz CT molecular complexity index is 284. The predicted octanol–water partition coefficient (Wildman–Crippen LogP) is 2.16. The summed E-state index contributed by atoms with van der Waals surface area (Å²) in [6, 6.07) is 2.51. The van der Waals surface area contributed by atoms with Gasteiger partial charge in [-0.15, -0.1) is 0 Å². The fourth-order valence-electron chi connectivity index (χ4n) is 2.75. The van der Waals surface area contributed by atoms with E-state index in [0.717, 1.165) is 51.9 Å². The highest BCUT2D eigenvalue weighted by atomic mass is 16.5. The van der Waals surface area contributed by atoms with Gasteiger partial charge in [0.25, 0.3) is 0 Å². The third-order valence-corrected chi connectivity index (χ3v) is 4.07. The van der Waals surface area contributed by atoms with Gasteiger partial charge < -0.3 is 9.64 Å². The lowest BCUT2D eigenvalue weighted by Gasteiger charge is -2.37. The molecule has 1 saturated heterocycles. The normalized spacial score (nSPS) is 27.4. The summed E-state index contributed by atoms with van der Waals surface area (Å²) in [6.45, 7) is 11.3. The minimum Gasteiger partial charge on any atom is -0.378 e. The van der Waals surface area contributed by atoms with Crippen LogP contribution in [0.25, 0.3) is 0 Å². The smallest absolute Gasteiger partial charge is 0.111 e. The maximum atomic E-state index is 9.53. The minimum absolute atomic E-state index is 0.249. The number of nitrogens with one attached hydrogen (secondary N) is 1. The van der Waals surface area contributed by atoms with Gasteiger partial charge in [-0.1, -0.05) is 27.2 Å². The molecule has 1 fully saturated rings. The molecule has 110 valence electrons. The number of likely N-dealkylation sites (N-methyl/N-ethyl adjacent to an activating group) is 1. The largest absolute Gasteiger partial charge is 0.378 e. The van der Waals surface area contributed by atoms with Crippen LogP contribution < -0.4 is 5.32 Å². The van der Waals surface area contributed by atoms with E-state index in [1.54, 1.807) is 0 Å². The number of ether oxygens (including phenoxy) is 1. The lowest BCUT2D eigenvalue weighted by molar-refractivity contribution is -0.0189. The average molecular weight is 267 g/mol. The van der Waals surface area contributed by atoms with Gasteiger partial charge in [0.15, 0.2) is 0 Å². The first-order valence-electron chi connectivity index (χ1n) is 7.70. The highest BCUT2D eigenvalue weighted by Gasteiger charge is 2.36. The van der Waals surface area contributed by atoms with Crippen molar-refractivity contribution in [2.24, 2.45) is 0 Å². The Hall–Kier alpha value is -0.630. The molecule has 0 radical (unpaired) electrons. The zero-order valence-corrected chi connectivity index (χ0v) is 12.7. The van der Waals surface area contributed by atoms with Gasteiger partial charge in [-0.05, 0) is 19.5 Å². The van der Waals surface area contributed by atoms with Crippen molar-refractivity contribution < 1.29 is 4.74 Å². The minimum atomic E-state index is -0.370. The van der Waals surface area contributed by atoms with Gasteiger partial charge in [-0.2, -0.15) is 5.26 Å². The lowest BCUT2D eigenvalue weighted by atomic mass is 9.86. The van der Waals surface area contributed by atoms with Gasteiger partial charge in [0.2, 0.25) is 0 Å². The van der Waals surface area contributed by atoms with Gasteiger partial charge in [0, 0.05) is 32.5 Å². The van der Waals surface area contributed by atoms with Gasteiger partial charge >= 0.3 is 0 Å². The molecular weight excluding hydrogens is 238 g/mol. The summed E-state index contributed by atoms with van der Waals surface area (Å²) >= 11 is 0. The molecule has 19 heavy (non-hydrogen) atoms. The average Bonchev–Trinajstić information content (AvgIpc) is 2.44. The van der Waals surface area contributed by atoms with E-state index >= 15 is 0 Å². The zero-order chi connectivity index (χ0) is 14.1. The first-order chi connectivity index (χ1) is 9.19. The summed E-state index contributed by atoms with van der Waals surface area (Å²) in [5.41, 5.74) is -0.370. The molecule has 0 aliphatic carbocycles. The summed E-state index contributed by atoms with van der Waals surface area (Å²) in [5, 5.41) is 13.0. The van der Waals surface area contributed by atoms with E-state index in [9.17, 15) is 5.26 Å². The monoisotopic (exact) mass is 267 g/mol. The van der Waals surface area contributed by atoms with Crippen LogP contribution in [0.15, 0.2) is 0 Å². The molecule has 0 saturated carbocycles. The molecule has 1 rings (SSSR count). The molecule has 0 spiro atoms. The summed E-state index contributed by atoms with van der Waals surface area (Å²) in [6.07, 6.45) is 4.06. The van der Waals surface area contributed by atoms with Crippen LogP contribution in [0.1, 0.15) is 46.5 Å². The Labute approximate surface area is 118 Å². The Kier molecular flexibility index (Phi) is 7.37. The summed E-state index contributed by atoms with van der Waals surface area (Å²) < 4.78 is 5.74. The molecule has 1 heterocycles. The quantitative estimate of drug-likeness (QED) is 0.732. The van der Waals surface area contributed by atoms with E-state index < -0.39 is 0 Å². The molecular formula is C15H29N3O. The maximum Gasteiger partial charge on any atom is 0.111 e. The zero-order valence-electron chi connectivity index (χ0n) is 12.7. The van der Waals surface area contributed by atoms with Crippen LogP contribution in [-0.2, 0) is 4.74 Å². The van der Waals surface area contributed by atoms with E-state index in [2.05, 4.69) is 37.1 Å². The second-order valence-electron chi connectivity index (χ2n) is 5.38. The lowest BCUT2D eigenvalue weighted by Crippen LogP contribution is -2.52. The number of hydrogen-bond acceptors (Lipinski definition) is 4. The SMILES string of the molecule is CCCC1CC(C#N)(NCCN(CC)CC)CCO1. The molecule has 4 nitrogen and oxygen atoms in total. The molecule has 4 heteroatoms. The van der Waals surface area contributed by atoms with Crippen molar-refractivity contribution in [1.82, 2.24) is 10.2 Å². The van der Waals surface area contributed by atoms with E-state index in [1.165, 1.54) is 0 Å². The number of nitrogens with zero attached hydrogens (tertiary/aromatic N) is 2. The van der Waals surface area contributed by atoms with Crippen molar-refractivity contribution in [2.45, 2.75) is 58.1 Å². The van der Waals surface area contributed by atoms with Crippen LogP contribution in [0.5, 0.6) is 0 Å². The topological polar surface area (TPSA) is 48.3 Å². The fourth-order valence-corrected chi connectivity index (χ4v) is 2.75.